The number of halogens is 1. The van der Waals surface area contributed by atoms with Crippen molar-refractivity contribution in [1.82, 2.24) is 14.7 Å². The molecule has 1 fully saturated rings. The zero-order valence-electron chi connectivity index (χ0n) is 18.7. The molecule has 3 heterocycles. The van der Waals surface area contributed by atoms with Gasteiger partial charge in [-0.2, -0.15) is 0 Å². The summed E-state index contributed by atoms with van der Waals surface area (Å²) in [6.45, 7) is 3.30. The van der Waals surface area contributed by atoms with E-state index < -0.39 is 12.0 Å². The van der Waals surface area contributed by atoms with Gasteiger partial charge in [-0.3, -0.25) is 4.79 Å². The van der Waals surface area contributed by atoms with Crippen LogP contribution in [-0.2, 0) is 14.3 Å². The predicted octanol–water partition coefficient (Wildman–Crippen LogP) is 3.64. The van der Waals surface area contributed by atoms with E-state index in [4.69, 9.17) is 16.3 Å². The number of likely N-dealkylation sites (tertiary alicyclic amines) is 1. The minimum atomic E-state index is -0.462. The molecule has 0 bridgehead atoms. The number of aliphatic imine (C=N–C) groups is 1. The van der Waals surface area contributed by atoms with Crippen LogP contribution in [0.15, 0.2) is 51.6 Å². The average Bonchev–Trinajstić information content (AvgIpc) is 3.40. The summed E-state index contributed by atoms with van der Waals surface area (Å²) in [5.74, 6) is -0.357. The van der Waals surface area contributed by atoms with Crippen LogP contribution in [0.3, 0.4) is 0 Å². The van der Waals surface area contributed by atoms with Crippen molar-refractivity contribution in [1.29, 1.82) is 0 Å². The summed E-state index contributed by atoms with van der Waals surface area (Å²) in [4.78, 5) is 36.6. The Hall–Kier alpha value is -2.29. The summed E-state index contributed by atoms with van der Waals surface area (Å²) in [6.07, 6.45) is 1.22. The molecular formula is C23H27ClN4O3S. The Morgan fingerprint density at radius 2 is 2.12 bits per heavy atom. The highest BCUT2D eigenvalue weighted by molar-refractivity contribution is 8.16. The second-order valence-corrected chi connectivity index (χ2v) is 9.64. The molecule has 3 aliphatic heterocycles. The van der Waals surface area contributed by atoms with Crippen LogP contribution in [0.1, 0.15) is 31.4 Å². The molecule has 0 aliphatic carbocycles. The smallest absolute Gasteiger partial charge is 0.338 e. The molecule has 0 aromatic heterocycles. The van der Waals surface area contributed by atoms with Crippen molar-refractivity contribution < 1.29 is 14.3 Å². The third-order valence-corrected chi connectivity index (χ3v) is 7.27. The van der Waals surface area contributed by atoms with E-state index in [9.17, 15) is 9.59 Å². The Morgan fingerprint density at radius 3 is 2.78 bits per heavy atom. The number of carbonyl (C=O) groups is 2. The second kappa shape index (κ2) is 9.29. The van der Waals surface area contributed by atoms with E-state index >= 15 is 0 Å². The number of nitrogens with zero attached hydrogens (tertiary/aromatic N) is 4. The first-order valence-corrected chi connectivity index (χ1v) is 11.8. The monoisotopic (exact) mass is 474 g/mol. The Kier molecular flexibility index (Phi) is 6.65. The molecule has 32 heavy (non-hydrogen) atoms. The number of ether oxygens (including phenoxy) is 1. The van der Waals surface area contributed by atoms with E-state index in [-0.39, 0.29) is 12.3 Å². The number of esters is 1. The van der Waals surface area contributed by atoms with Gasteiger partial charge in [0.1, 0.15) is 0 Å². The summed E-state index contributed by atoms with van der Waals surface area (Å²) >= 11 is 7.75. The van der Waals surface area contributed by atoms with Gasteiger partial charge in [-0.15, -0.1) is 0 Å². The van der Waals surface area contributed by atoms with Crippen LogP contribution in [0.25, 0.3) is 0 Å². The van der Waals surface area contributed by atoms with E-state index in [0.717, 1.165) is 35.9 Å². The first kappa shape index (κ1) is 22.9. The number of allylic oxidation sites excluding steroid dienone is 1. The lowest BCUT2D eigenvalue weighted by Crippen LogP contribution is -2.39. The highest BCUT2D eigenvalue weighted by Gasteiger charge is 2.41. The fraction of sp³-hybridized carbons (Fsp3) is 0.435. The van der Waals surface area contributed by atoms with Crippen molar-refractivity contribution in [2.45, 2.75) is 31.8 Å². The molecule has 3 aliphatic rings. The number of hydrogen-bond donors (Lipinski definition) is 0. The van der Waals surface area contributed by atoms with Crippen LogP contribution in [0.4, 0.5) is 0 Å². The normalized spacial score (nSPS) is 22.8. The molecule has 4 rings (SSSR count). The van der Waals surface area contributed by atoms with Gasteiger partial charge in [-0.05, 0) is 50.5 Å². The van der Waals surface area contributed by atoms with Crippen molar-refractivity contribution in [2.75, 3.05) is 34.3 Å². The van der Waals surface area contributed by atoms with E-state index in [1.54, 1.807) is 6.07 Å². The number of methoxy groups -OCH3 is 1. The summed E-state index contributed by atoms with van der Waals surface area (Å²) in [7, 11) is 5.46. The highest BCUT2D eigenvalue weighted by atomic mass is 35.5. The van der Waals surface area contributed by atoms with Gasteiger partial charge in [0.2, 0.25) is 5.91 Å². The molecule has 0 radical (unpaired) electrons. The fourth-order valence-corrected chi connectivity index (χ4v) is 5.55. The summed E-state index contributed by atoms with van der Waals surface area (Å²) in [5, 5.41) is 3.28. The zero-order chi connectivity index (χ0) is 23.0. The van der Waals surface area contributed by atoms with E-state index in [1.807, 2.05) is 54.4 Å². The molecule has 0 unspecified atom stereocenters. The molecular weight excluding hydrogens is 448 g/mol. The lowest BCUT2D eigenvalue weighted by Gasteiger charge is -2.36. The minimum Gasteiger partial charge on any atom is -0.466 e. The van der Waals surface area contributed by atoms with Crippen LogP contribution in [0.2, 0.25) is 5.02 Å². The predicted molar refractivity (Wildman–Crippen MR) is 127 cm³/mol. The lowest BCUT2D eigenvalue weighted by molar-refractivity contribution is -0.136. The van der Waals surface area contributed by atoms with Crippen molar-refractivity contribution in [3.05, 3.63) is 57.2 Å². The molecule has 1 aromatic rings. The zero-order valence-corrected chi connectivity index (χ0v) is 20.2. The largest absolute Gasteiger partial charge is 0.466 e. The first-order chi connectivity index (χ1) is 15.3. The maximum absolute atomic E-state index is 13.1. The topological polar surface area (TPSA) is 65.5 Å². The number of carbonyl (C=O) groups excluding carboxylic acids is 2. The molecule has 0 N–H and O–H groups in total. The van der Waals surface area contributed by atoms with Crippen molar-refractivity contribution >= 4 is 40.4 Å². The number of fused-ring (bicyclic) bond motifs is 1. The van der Waals surface area contributed by atoms with E-state index in [2.05, 4.69) is 9.89 Å². The number of amides is 1. The molecule has 1 aromatic carbocycles. The number of likely N-dealkylation sites (N-methyl/N-ethyl adjacent to an activating group) is 1. The van der Waals surface area contributed by atoms with Gasteiger partial charge in [-0.1, -0.05) is 35.5 Å². The van der Waals surface area contributed by atoms with E-state index in [1.165, 1.54) is 18.9 Å². The summed E-state index contributed by atoms with van der Waals surface area (Å²) in [6, 6.07) is 7.35. The summed E-state index contributed by atoms with van der Waals surface area (Å²) in [5.41, 5.74) is 2.73. The van der Waals surface area contributed by atoms with Gasteiger partial charge in [0, 0.05) is 29.9 Å². The number of hydrogen-bond acceptors (Lipinski definition) is 7. The van der Waals surface area contributed by atoms with Crippen molar-refractivity contribution in [3.63, 3.8) is 0 Å². The molecule has 2 atom stereocenters. The van der Waals surface area contributed by atoms with Gasteiger partial charge < -0.3 is 19.4 Å². The van der Waals surface area contributed by atoms with Gasteiger partial charge in [0.25, 0.3) is 0 Å². The van der Waals surface area contributed by atoms with Gasteiger partial charge >= 0.3 is 5.97 Å². The van der Waals surface area contributed by atoms with Crippen LogP contribution < -0.4 is 0 Å². The van der Waals surface area contributed by atoms with Crippen LogP contribution in [-0.4, -0.2) is 72.1 Å². The maximum Gasteiger partial charge on any atom is 0.338 e. The fourth-order valence-electron chi connectivity index (χ4n) is 4.39. The quantitative estimate of drug-likeness (QED) is 0.607. The Labute approximate surface area is 197 Å². The first-order valence-electron chi connectivity index (χ1n) is 10.5. The Bertz CT molecular complexity index is 1040. The lowest BCUT2D eigenvalue weighted by atomic mass is 9.94. The number of thioether (sulfide) groups is 1. The molecule has 170 valence electrons. The molecule has 0 spiro atoms. The number of benzene rings is 1. The highest BCUT2D eigenvalue weighted by Crippen LogP contribution is 2.45. The molecule has 1 amide bonds. The maximum atomic E-state index is 13.1. The van der Waals surface area contributed by atoms with Gasteiger partial charge in [0.05, 0.1) is 30.8 Å². The van der Waals surface area contributed by atoms with Crippen molar-refractivity contribution in [3.8, 4) is 0 Å². The minimum absolute atomic E-state index is 0.0817. The molecule has 0 saturated carbocycles. The third-order valence-electron chi connectivity index (χ3n) is 6.15. The Balaban J connectivity index is 1.64. The SMILES string of the molecule is COC(=O)C1=C(C)N=C2SC=C(CC(=O)N3CC[C@@H](N(C)C)C3)N2[C@H]1c1cccc(Cl)c1. The summed E-state index contributed by atoms with van der Waals surface area (Å²) < 4.78 is 5.09. The van der Waals surface area contributed by atoms with Crippen molar-refractivity contribution in [2.24, 2.45) is 4.99 Å². The molecule has 9 heteroatoms. The van der Waals surface area contributed by atoms with Crippen LogP contribution in [0.5, 0.6) is 0 Å². The van der Waals surface area contributed by atoms with Crippen LogP contribution in [0, 0.1) is 0 Å². The van der Waals surface area contributed by atoms with Gasteiger partial charge in [-0.25, -0.2) is 9.79 Å². The van der Waals surface area contributed by atoms with Gasteiger partial charge in [0.15, 0.2) is 5.17 Å². The standard InChI is InChI=1S/C23H27ClN4O3S/c1-14-20(22(30)31-4)21(15-6-5-7-16(24)10-15)28-18(13-32-23(28)25-14)11-19(29)27-9-8-17(12-27)26(2)3/h5-7,10,13,17,21H,8-9,11-12H2,1-4H3/t17-,21+/m1/s1. The average molecular weight is 475 g/mol. The third kappa shape index (κ3) is 4.31. The second-order valence-electron chi connectivity index (χ2n) is 8.36. The van der Waals surface area contributed by atoms with Crippen LogP contribution >= 0.6 is 23.4 Å². The Morgan fingerprint density at radius 1 is 1.34 bits per heavy atom. The number of amidine groups is 1. The molecule has 7 nitrogen and oxygen atoms in total. The molecule has 1 saturated heterocycles. The number of rotatable bonds is 5. The van der Waals surface area contributed by atoms with E-state index in [0.29, 0.717) is 22.3 Å².